The quantitative estimate of drug-likeness (QED) is 0.752. The average molecular weight is 373 g/mol. The molecule has 3 aromatic rings. The van der Waals surface area contributed by atoms with Gasteiger partial charge in [0.05, 0.1) is 0 Å². The molecule has 1 N–H and O–H groups in total. The first-order valence-corrected chi connectivity index (χ1v) is 9.35. The monoisotopic (exact) mass is 373 g/mol. The van der Waals surface area contributed by atoms with Crippen LogP contribution in [0.15, 0.2) is 51.9 Å². The van der Waals surface area contributed by atoms with Crippen LogP contribution in [0.25, 0.3) is 11.5 Å². The average Bonchev–Trinajstić information content (AvgIpc) is 3.00. The Morgan fingerprint density at radius 2 is 2.00 bits per heavy atom. The SMILES string of the molecule is Cc1noc(-c2cccc(Oc3ccc4c(c3)S(=O)(=O)NCCO4)c2)n1. The first-order chi connectivity index (χ1) is 12.5. The van der Waals surface area contributed by atoms with Crippen molar-refractivity contribution in [3.8, 4) is 28.7 Å². The Balaban J connectivity index is 1.65. The van der Waals surface area contributed by atoms with Crippen molar-refractivity contribution < 1.29 is 22.4 Å². The fourth-order valence-corrected chi connectivity index (χ4v) is 3.71. The lowest BCUT2D eigenvalue weighted by molar-refractivity contribution is 0.320. The summed E-state index contributed by atoms with van der Waals surface area (Å²) in [6, 6.07) is 11.8. The van der Waals surface area contributed by atoms with Gasteiger partial charge in [-0.15, -0.1) is 0 Å². The van der Waals surface area contributed by atoms with Gasteiger partial charge in [-0.25, -0.2) is 13.1 Å². The van der Waals surface area contributed by atoms with Gasteiger partial charge in [0, 0.05) is 18.2 Å². The molecule has 1 aliphatic rings. The molecule has 9 heteroatoms. The molecular weight excluding hydrogens is 358 g/mol. The maximum Gasteiger partial charge on any atom is 0.258 e. The summed E-state index contributed by atoms with van der Waals surface area (Å²) < 4.78 is 43.4. The summed E-state index contributed by atoms with van der Waals surface area (Å²) in [4.78, 5) is 4.23. The molecule has 26 heavy (non-hydrogen) atoms. The van der Waals surface area contributed by atoms with Crippen molar-refractivity contribution in [3.63, 3.8) is 0 Å². The minimum Gasteiger partial charge on any atom is -0.491 e. The predicted molar refractivity (Wildman–Crippen MR) is 91.7 cm³/mol. The second kappa shape index (κ2) is 6.43. The summed E-state index contributed by atoms with van der Waals surface area (Å²) in [7, 11) is -3.63. The third-order valence-electron chi connectivity index (χ3n) is 3.70. The lowest BCUT2D eigenvalue weighted by Gasteiger charge is -2.10. The summed E-state index contributed by atoms with van der Waals surface area (Å²) in [5.74, 6) is 2.11. The van der Waals surface area contributed by atoms with Gasteiger partial charge in [-0.3, -0.25) is 0 Å². The molecule has 1 aliphatic heterocycles. The number of benzene rings is 2. The van der Waals surface area contributed by atoms with Crippen molar-refractivity contribution in [2.45, 2.75) is 11.8 Å². The molecule has 0 spiro atoms. The number of fused-ring (bicyclic) bond motifs is 1. The van der Waals surface area contributed by atoms with Crippen LogP contribution in [0.1, 0.15) is 5.82 Å². The van der Waals surface area contributed by atoms with Crippen molar-refractivity contribution in [2.75, 3.05) is 13.2 Å². The van der Waals surface area contributed by atoms with E-state index < -0.39 is 10.0 Å². The lowest BCUT2D eigenvalue weighted by atomic mass is 10.2. The maximum atomic E-state index is 12.3. The van der Waals surface area contributed by atoms with Gasteiger partial charge in [-0.05, 0) is 37.3 Å². The molecule has 4 rings (SSSR count). The van der Waals surface area contributed by atoms with Gasteiger partial charge < -0.3 is 14.0 Å². The minimum atomic E-state index is -3.63. The Morgan fingerprint density at radius 1 is 1.15 bits per heavy atom. The standard InChI is InChI=1S/C17H15N3O5S/c1-11-19-17(25-20-11)12-3-2-4-13(9-12)24-14-5-6-15-16(10-14)26(21,22)18-7-8-23-15/h2-6,9-10,18H,7-8H2,1H3. The van der Waals surface area contributed by atoms with E-state index in [9.17, 15) is 8.42 Å². The van der Waals surface area contributed by atoms with Crippen LogP contribution in [0, 0.1) is 6.92 Å². The summed E-state index contributed by atoms with van der Waals surface area (Å²) >= 11 is 0. The van der Waals surface area contributed by atoms with Gasteiger partial charge in [0.2, 0.25) is 10.0 Å². The van der Waals surface area contributed by atoms with Crippen LogP contribution in [0.3, 0.4) is 0 Å². The highest BCUT2D eigenvalue weighted by Crippen LogP contribution is 2.32. The van der Waals surface area contributed by atoms with Crippen molar-refractivity contribution in [3.05, 3.63) is 48.3 Å². The second-order valence-electron chi connectivity index (χ2n) is 5.63. The Labute approximate surface area is 149 Å². The van der Waals surface area contributed by atoms with Crippen molar-refractivity contribution in [1.82, 2.24) is 14.9 Å². The van der Waals surface area contributed by atoms with Crippen molar-refractivity contribution in [1.29, 1.82) is 0 Å². The minimum absolute atomic E-state index is 0.0520. The van der Waals surface area contributed by atoms with E-state index in [4.69, 9.17) is 14.0 Å². The van der Waals surface area contributed by atoms with Gasteiger partial charge in [0.15, 0.2) is 5.82 Å². The Hall–Kier alpha value is -2.91. The fraction of sp³-hybridized carbons (Fsp3) is 0.176. The fourth-order valence-electron chi connectivity index (χ4n) is 2.54. The molecule has 0 bridgehead atoms. The van der Waals surface area contributed by atoms with E-state index in [2.05, 4.69) is 14.9 Å². The third-order valence-corrected chi connectivity index (χ3v) is 5.18. The van der Waals surface area contributed by atoms with E-state index in [-0.39, 0.29) is 18.0 Å². The van der Waals surface area contributed by atoms with E-state index >= 15 is 0 Å². The maximum absolute atomic E-state index is 12.3. The Morgan fingerprint density at radius 3 is 2.81 bits per heavy atom. The molecule has 2 heterocycles. The number of nitrogens with zero attached hydrogens (tertiary/aromatic N) is 2. The zero-order chi connectivity index (χ0) is 18.1. The van der Waals surface area contributed by atoms with Gasteiger partial charge in [-0.1, -0.05) is 11.2 Å². The van der Waals surface area contributed by atoms with Crippen LogP contribution >= 0.6 is 0 Å². The molecule has 1 aromatic heterocycles. The van der Waals surface area contributed by atoms with Crippen LogP contribution in [-0.4, -0.2) is 31.7 Å². The first-order valence-electron chi connectivity index (χ1n) is 7.86. The van der Waals surface area contributed by atoms with Gasteiger partial charge in [0.1, 0.15) is 28.8 Å². The molecular formula is C17H15N3O5S. The molecule has 2 aromatic carbocycles. The third kappa shape index (κ3) is 3.26. The molecule has 0 unspecified atom stereocenters. The Bertz CT molecular complexity index is 1060. The lowest BCUT2D eigenvalue weighted by Crippen LogP contribution is -2.24. The zero-order valence-electron chi connectivity index (χ0n) is 13.8. The number of hydrogen-bond acceptors (Lipinski definition) is 7. The molecule has 8 nitrogen and oxygen atoms in total. The van der Waals surface area contributed by atoms with Crippen LogP contribution < -0.4 is 14.2 Å². The summed E-state index contributed by atoms with van der Waals surface area (Å²) in [6.07, 6.45) is 0. The normalized spacial score (nSPS) is 15.6. The van der Waals surface area contributed by atoms with Crippen molar-refractivity contribution in [2.24, 2.45) is 0 Å². The van der Waals surface area contributed by atoms with Crippen LogP contribution in [0.2, 0.25) is 0 Å². The van der Waals surface area contributed by atoms with E-state index in [1.165, 1.54) is 6.07 Å². The molecule has 134 valence electrons. The molecule has 0 saturated heterocycles. The van der Waals surface area contributed by atoms with E-state index in [0.717, 1.165) is 0 Å². The van der Waals surface area contributed by atoms with E-state index in [1.54, 1.807) is 37.3 Å². The summed E-state index contributed by atoms with van der Waals surface area (Å²) in [5, 5.41) is 3.77. The number of nitrogens with one attached hydrogen (secondary N) is 1. The largest absolute Gasteiger partial charge is 0.491 e. The van der Waals surface area contributed by atoms with Crippen LogP contribution in [0.4, 0.5) is 0 Å². The zero-order valence-corrected chi connectivity index (χ0v) is 14.6. The molecule has 0 amide bonds. The van der Waals surface area contributed by atoms with E-state index in [0.29, 0.717) is 34.5 Å². The highest BCUT2D eigenvalue weighted by molar-refractivity contribution is 7.89. The van der Waals surface area contributed by atoms with Crippen LogP contribution in [-0.2, 0) is 10.0 Å². The van der Waals surface area contributed by atoms with Crippen molar-refractivity contribution >= 4 is 10.0 Å². The predicted octanol–water partition coefficient (Wildman–Crippen LogP) is 2.51. The Kier molecular flexibility index (Phi) is 4.09. The highest BCUT2D eigenvalue weighted by Gasteiger charge is 2.23. The summed E-state index contributed by atoms with van der Waals surface area (Å²) in [5.41, 5.74) is 0.704. The smallest absolute Gasteiger partial charge is 0.258 e. The first kappa shape index (κ1) is 16.6. The highest BCUT2D eigenvalue weighted by atomic mass is 32.2. The van der Waals surface area contributed by atoms with Gasteiger partial charge >= 0.3 is 0 Å². The summed E-state index contributed by atoms with van der Waals surface area (Å²) in [6.45, 7) is 2.23. The van der Waals surface area contributed by atoms with Gasteiger partial charge in [0.25, 0.3) is 5.89 Å². The number of ether oxygens (including phenoxy) is 2. The molecule has 0 saturated carbocycles. The topological polar surface area (TPSA) is 104 Å². The number of aryl methyl sites for hydroxylation is 1. The van der Waals surface area contributed by atoms with Crippen LogP contribution in [0.5, 0.6) is 17.2 Å². The molecule has 0 radical (unpaired) electrons. The number of rotatable bonds is 3. The van der Waals surface area contributed by atoms with E-state index in [1.807, 2.05) is 6.07 Å². The molecule has 0 atom stereocenters. The number of aromatic nitrogens is 2. The van der Waals surface area contributed by atoms with Gasteiger partial charge in [-0.2, -0.15) is 4.98 Å². The number of hydrogen-bond donors (Lipinski definition) is 1. The second-order valence-corrected chi connectivity index (χ2v) is 7.37. The molecule has 0 aliphatic carbocycles. The molecule has 0 fully saturated rings. The number of sulfonamides is 1.